The lowest BCUT2D eigenvalue weighted by Gasteiger charge is -2.36. The molecule has 3 rings (SSSR count). The highest BCUT2D eigenvalue weighted by Crippen LogP contribution is 2.35. The van der Waals surface area contributed by atoms with E-state index in [1.807, 2.05) is 6.92 Å². The van der Waals surface area contributed by atoms with E-state index in [1.165, 1.54) is 0 Å². The molecule has 1 aliphatic rings. The van der Waals surface area contributed by atoms with Crippen molar-refractivity contribution < 1.29 is 9.47 Å². The van der Waals surface area contributed by atoms with E-state index in [0.29, 0.717) is 18.7 Å². The van der Waals surface area contributed by atoms with Crippen molar-refractivity contribution in [1.29, 1.82) is 5.26 Å². The van der Waals surface area contributed by atoms with Crippen molar-refractivity contribution >= 4 is 22.6 Å². The van der Waals surface area contributed by atoms with Crippen molar-refractivity contribution in [3.05, 3.63) is 42.2 Å². The quantitative estimate of drug-likeness (QED) is 0.574. The molecule has 31 heavy (non-hydrogen) atoms. The van der Waals surface area contributed by atoms with Gasteiger partial charge in [-0.05, 0) is 56.4 Å². The Morgan fingerprint density at radius 3 is 2.61 bits per heavy atom. The minimum absolute atomic E-state index is 0.365. The Morgan fingerprint density at radius 1 is 1.26 bits per heavy atom. The van der Waals surface area contributed by atoms with Gasteiger partial charge in [0.2, 0.25) is 0 Å². The Balaban J connectivity index is 1.98. The van der Waals surface area contributed by atoms with Crippen molar-refractivity contribution in [1.82, 2.24) is 9.97 Å². The summed E-state index contributed by atoms with van der Waals surface area (Å²) < 4.78 is 10.9. The third-order valence-electron chi connectivity index (χ3n) is 5.45. The molecule has 2 aromatic rings. The number of anilines is 3. The van der Waals surface area contributed by atoms with Gasteiger partial charge in [0.05, 0.1) is 42.1 Å². The zero-order valence-electron chi connectivity index (χ0n) is 18.6. The molecule has 0 bridgehead atoms. The van der Waals surface area contributed by atoms with Gasteiger partial charge in [-0.25, -0.2) is 9.97 Å². The zero-order chi connectivity index (χ0) is 22.1. The molecule has 0 aliphatic carbocycles. The topological polar surface area (TPSA) is 83.3 Å². The molecule has 1 fully saturated rings. The lowest BCUT2D eigenvalue weighted by molar-refractivity contribution is 0.0846. The number of hydrogen-bond donors (Lipinski definition) is 1. The summed E-state index contributed by atoms with van der Waals surface area (Å²) in [5.74, 6) is 0. The van der Waals surface area contributed by atoms with Crippen LogP contribution >= 0.6 is 0 Å². The van der Waals surface area contributed by atoms with E-state index in [-0.39, 0.29) is 0 Å². The number of allylic oxidation sites excluding steroid dienone is 2. The molecular weight excluding hydrogens is 390 g/mol. The monoisotopic (exact) mass is 421 g/mol. The van der Waals surface area contributed by atoms with E-state index in [0.717, 1.165) is 67.2 Å². The molecule has 7 heteroatoms. The molecule has 0 saturated carbocycles. The normalized spacial score (nSPS) is 14.7. The molecule has 0 spiro atoms. The van der Waals surface area contributed by atoms with E-state index in [9.17, 15) is 0 Å². The minimum atomic E-state index is 0.365. The first-order valence-electron chi connectivity index (χ1n) is 11.0. The van der Waals surface area contributed by atoms with Crippen LogP contribution in [0.15, 0.2) is 36.7 Å². The van der Waals surface area contributed by atoms with Crippen LogP contribution in [0.5, 0.6) is 6.01 Å². The van der Waals surface area contributed by atoms with Crippen LogP contribution in [0.4, 0.5) is 17.1 Å². The van der Waals surface area contributed by atoms with Gasteiger partial charge in [0.25, 0.3) is 0 Å². The maximum absolute atomic E-state index is 9.16. The average Bonchev–Trinajstić information content (AvgIpc) is 2.81. The maximum atomic E-state index is 9.16. The van der Waals surface area contributed by atoms with Gasteiger partial charge in [0.15, 0.2) is 0 Å². The van der Waals surface area contributed by atoms with E-state index in [1.54, 1.807) is 18.5 Å². The first kappa shape index (κ1) is 22.6. The number of hydrogen-bond acceptors (Lipinski definition) is 7. The fourth-order valence-electron chi connectivity index (χ4n) is 3.92. The Kier molecular flexibility index (Phi) is 8.25. The van der Waals surface area contributed by atoms with E-state index in [2.05, 4.69) is 58.3 Å². The van der Waals surface area contributed by atoms with Crippen LogP contribution < -0.4 is 15.0 Å². The molecule has 2 heterocycles. The summed E-state index contributed by atoms with van der Waals surface area (Å²) in [5, 5.41) is 12.7. The molecular formula is C24H31N5O2. The molecule has 1 saturated heterocycles. The molecule has 1 aromatic carbocycles. The van der Waals surface area contributed by atoms with Crippen LogP contribution in [0.2, 0.25) is 0 Å². The van der Waals surface area contributed by atoms with Crippen LogP contribution in [0.1, 0.15) is 45.6 Å². The molecule has 0 atom stereocenters. The van der Waals surface area contributed by atoms with E-state index in [4.69, 9.17) is 14.7 Å². The predicted molar refractivity (Wildman–Crippen MR) is 124 cm³/mol. The van der Waals surface area contributed by atoms with Gasteiger partial charge in [0, 0.05) is 31.9 Å². The summed E-state index contributed by atoms with van der Waals surface area (Å²) >= 11 is 0. The molecule has 1 N–H and O–H groups in total. The lowest BCUT2D eigenvalue weighted by atomic mass is 10.00. The number of aromatic nitrogens is 2. The van der Waals surface area contributed by atoms with Gasteiger partial charge < -0.3 is 19.7 Å². The Bertz CT molecular complexity index is 915. The summed E-state index contributed by atoms with van der Waals surface area (Å²) in [7, 11) is 0. The van der Waals surface area contributed by atoms with Gasteiger partial charge in [-0.2, -0.15) is 5.26 Å². The number of ether oxygens (including phenoxy) is 2. The standard InChI is InChI=1S/C24H31N5O2/c1-4-18(9-12-25)19-7-8-23(29(5-2)21-10-13-30-14-11-21)22(15-19)28-20-16-26-24(27-17-20)31-6-3/h7-9,15-17,21,28H,4-6,10-11,13-14H2,1-3H3/b18-9+. The number of nitriles is 1. The van der Waals surface area contributed by atoms with Crippen molar-refractivity contribution in [3.63, 3.8) is 0 Å². The minimum Gasteiger partial charge on any atom is -0.464 e. The second kappa shape index (κ2) is 11.3. The first-order valence-corrected chi connectivity index (χ1v) is 11.0. The molecule has 0 radical (unpaired) electrons. The van der Waals surface area contributed by atoms with E-state index >= 15 is 0 Å². The van der Waals surface area contributed by atoms with Gasteiger partial charge in [-0.3, -0.25) is 0 Å². The molecule has 1 aromatic heterocycles. The number of benzene rings is 1. The van der Waals surface area contributed by atoms with Crippen molar-refractivity contribution in [2.75, 3.05) is 36.6 Å². The SMILES string of the molecule is CCOc1ncc(Nc2cc(/C(=C/C#N)CC)ccc2N(CC)C2CCOCC2)cn1. The van der Waals surface area contributed by atoms with Crippen LogP contribution in [-0.4, -0.2) is 42.4 Å². The third-order valence-corrected chi connectivity index (χ3v) is 5.45. The first-order chi connectivity index (χ1) is 15.2. The molecule has 0 amide bonds. The van der Waals surface area contributed by atoms with Gasteiger partial charge >= 0.3 is 6.01 Å². The molecule has 0 unspecified atom stereocenters. The largest absolute Gasteiger partial charge is 0.464 e. The summed E-state index contributed by atoms with van der Waals surface area (Å²) in [6.07, 6.45) is 7.88. The van der Waals surface area contributed by atoms with Crippen LogP contribution in [0.25, 0.3) is 5.57 Å². The zero-order valence-corrected chi connectivity index (χ0v) is 18.6. The highest BCUT2D eigenvalue weighted by molar-refractivity contribution is 5.81. The summed E-state index contributed by atoms with van der Waals surface area (Å²) in [4.78, 5) is 11.0. The lowest BCUT2D eigenvalue weighted by Crippen LogP contribution is -2.39. The fourth-order valence-corrected chi connectivity index (χ4v) is 3.92. The highest BCUT2D eigenvalue weighted by Gasteiger charge is 2.23. The van der Waals surface area contributed by atoms with Crippen LogP contribution in [0, 0.1) is 11.3 Å². The Hall–Kier alpha value is -3.11. The Morgan fingerprint density at radius 2 is 2.00 bits per heavy atom. The summed E-state index contributed by atoms with van der Waals surface area (Å²) in [5.41, 5.74) is 4.92. The second-order valence-corrected chi connectivity index (χ2v) is 7.33. The van der Waals surface area contributed by atoms with Crippen molar-refractivity contribution in [2.24, 2.45) is 0 Å². The fraction of sp³-hybridized carbons (Fsp3) is 0.458. The second-order valence-electron chi connectivity index (χ2n) is 7.33. The Labute approximate surface area is 184 Å². The summed E-state index contributed by atoms with van der Waals surface area (Å²) in [6, 6.07) is 9.32. The predicted octanol–water partition coefficient (Wildman–Crippen LogP) is 4.94. The van der Waals surface area contributed by atoms with Gasteiger partial charge in [0.1, 0.15) is 0 Å². The summed E-state index contributed by atoms with van der Waals surface area (Å²) in [6.45, 7) is 9.15. The van der Waals surface area contributed by atoms with Gasteiger partial charge in [-0.15, -0.1) is 0 Å². The average molecular weight is 422 g/mol. The molecule has 7 nitrogen and oxygen atoms in total. The van der Waals surface area contributed by atoms with E-state index < -0.39 is 0 Å². The van der Waals surface area contributed by atoms with Crippen LogP contribution in [0.3, 0.4) is 0 Å². The van der Waals surface area contributed by atoms with Crippen molar-refractivity contribution in [3.8, 4) is 12.1 Å². The number of rotatable bonds is 9. The number of nitrogens with zero attached hydrogens (tertiary/aromatic N) is 4. The maximum Gasteiger partial charge on any atom is 0.316 e. The third kappa shape index (κ3) is 5.74. The number of nitrogens with one attached hydrogen (secondary N) is 1. The molecule has 164 valence electrons. The molecule has 1 aliphatic heterocycles. The van der Waals surface area contributed by atoms with Crippen molar-refractivity contribution in [2.45, 2.75) is 46.1 Å². The highest BCUT2D eigenvalue weighted by atomic mass is 16.5. The van der Waals surface area contributed by atoms with Crippen LogP contribution in [-0.2, 0) is 4.74 Å². The van der Waals surface area contributed by atoms with Gasteiger partial charge in [-0.1, -0.05) is 13.0 Å². The smallest absolute Gasteiger partial charge is 0.316 e.